The van der Waals surface area contributed by atoms with Gasteiger partial charge in [-0.25, -0.2) is 4.39 Å². The third kappa shape index (κ3) is 4.63. The lowest BCUT2D eigenvalue weighted by atomic mass is 10.2. The smallest absolute Gasteiger partial charge is 0.309 e. The van der Waals surface area contributed by atoms with Gasteiger partial charge in [-0.15, -0.1) is 0 Å². The summed E-state index contributed by atoms with van der Waals surface area (Å²) in [5, 5.41) is 0. The van der Waals surface area contributed by atoms with Gasteiger partial charge >= 0.3 is 5.97 Å². The average Bonchev–Trinajstić information content (AvgIpc) is 2.39. The van der Waals surface area contributed by atoms with Crippen molar-refractivity contribution in [1.82, 2.24) is 0 Å². The van der Waals surface area contributed by atoms with Gasteiger partial charge in [0.1, 0.15) is 11.6 Å². The number of carbonyl (C=O) groups excluding carboxylic acids is 1. The second kappa shape index (κ2) is 7.23. The monoisotopic (exact) mass is 288 g/mol. The number of hydrogen-bond acceptors (Lipinski definition) is 4. The first kappa shape index (κ1) is 15.6. The summed E-state index contributed by atoms with van der Waals surface area (Å²) in [7, 11) is 1.41. The van der Waals surface area contributed by atoms with Crippen LogP contribution in [0.1, 0.15) is 12.5 Å². The van der Waals surface area contributed by atoms with Gasteiger partial charge in [0.15, 0.2) is 0 Å². The second-order valence-electron chi connectivity index (χ2n) is 4.13. The summed E-state index contributed by atoms with van der Waals surface area (Å²) >= 11 is 0. The SMILES string of the molecule is COC(=O)C(C)CS(=O)Cc1ccc(OC)cc1F. The van der Waals surface area contributed by atoms with Crippen LogP contribution in [0.3, 0.4) is 0 Å². The molecule has 0 aliphatic rings. The van der Waals surface area contributed by atoms with Crippen LogP contribution in [0.4, 0.5) is 4.39 Å². The Morgan fingerprint density at radius 2 is 2.11 bits per heavy atom. The van der Waals surface area contributed by atoms with Gasteiger partial charge in [-0.2, -0.15) is 0 Å². The van der Waals surface area contributed by atoms with Gasteiger partial charge in [0.2, 0.25) is 0 Å². The predicted octanol–water partition coefficient (Wildman–Crippen LogP) is 1.89. The van der Waals surface area contributed by atoms with E-state index < -0.39 is 28.5 Å². The number of hydrogen-bond donors (Lipinski definition) is 0. The fraction of sp³-hybridized carbons (Fsp3) is 0.462. The van der Waals surface area contributed by atoms with Crippen molar-refractivity contribution in [2.24, 2.45) is 5.92 Å². The Kier molecular flexibility index (Phi) is 5.95. The van der Waals surface area contributed by atoms with Gasteiger partial charge in [-0.1, -0.05) is 13.0 Å². The molecule has 0 saturated heterocycles. The van der Waals surface area contributed by atoms with Crippen LogP contribution in [-0.4, -0.2) is 30.2 Å². The fourth-order valence-electron chi connectivity index (χ4n) is 1.55. The maximum absolute atomic E-state index is 13.7. The molecule has 1 rings (SSSR count). The molecule has 0 N–H and O–H groups in total. The van der Waals surface area contributed by atoms with E-state index in [4.69, 9.17) is 4.74 Å². The van der Waals surface area contributed by atoms with Crippen molar-refractivity contribution in [3.8, 4) is 5.75 Å². The molecule has 0 aliphatic carbocycles. The predicted molar refractivity (Wildman–Crippen MR) is 70.8 cm³/mol. The molecule has 106 valence electrons. The quantitative estimate of drug-likeness (QED) is 0.750. The van der Waals surface area contributed by atoms with E-state index in [1.54, 1.807) is 13.0 Å². The molecule has 4 nitrogen and oxygen atoms in total. The van der Waals surface area contributed by atoms with E-state index in [0.717, 1.165) is 0 Å². The van der Waals surface area contributed by atoms with Crippen molar-refractivity contribution in [2.45, 2.75) is 12.7 Å². The van der Waals surface area contributed by atoms with E-state index in [-0.39, 0.29) is 11.5 Å². The summed E-state index contributed by atoms with van der Waals surface area (Å²) in [6, 6.07) is 4.39. The van der Waals surface area contributed by atoms with Gasteiger partial charge in [0, 0.05) is 28.2 Å². The van der Waals surface area contributed by atoms with Crippen LogP contribution in [0, 0.1) is 11.7 Å². The maximum atomic E-state index is 13.7. The molecule has 2 unspecified atom stereocenters. The van der Waals surface area contributed by atoms with Crippen molar-refractivity contribution in [1.29, 1.82) is 0 Å². The highest BCUT2D eigenvalue weighted by Crippen LogP contribution is 2.18. The lowest BCUT2D eigenvalue weighted by Gasteiger charge is -2.09. The number of carbonyl (C=O) groups is 1. The second-order valence-corrected chi connectivity index (χ2v) is 5.63. The van der Waals surface area contributed by atoms with E-state index in [2.05, 4.69) is 4.74 Å². The van der Waals surface area contributed by atoms with Crippen molar-refractivity contribution in [3.05, 3.63) is 29.6 Å². The highest BCUT2D eigenvalue weighted by atomic mass is 32.2. The standard InChI is InChI=1S/C13H17FO4S/c1-9(13(15)18-3)7-19(16)8-10-4-5-11(17-2)6-12(10)14/h4-6,9H,7-8H2,1-3H3. The number of esters is 1. The van der Waals surface area contributed by atoms with E-state index in [1.807, 2.05) is 0 Å². The Labute approximate surface area is 114 Å². The summed E-state index contributed by atoms with van der Waals surface area (Å²) in [6.07, 6.45) is 0. The third-order valence-corrected chi connectivity index (χ3v) is 4.12. The molecule has 0 saturated carbocycles. The summed E-state index contributed by atoms with van der Waals surface area (Å²) in [5.41, 5.74) is 0.344. The van der Waals surface area contributed by atoms with E-state index in [9.17, 15) is 13.4 Å². The van der Waals surface area contributed by atoms with Crippen LogP contribution in [-0.2, 0) is 26.1 Å². The van der Waals surface area contributed by atoms with Gasteiger partial charge in [-0.05, 0) is 6.07 Å². The molecule has 0 spiro atoms. The van der Waals surface area contributed by atoms with Crippen LogP contribution in [0.15, 0.2) is 18.2 Å². The summed E-state index contributed by atoms with van der Waals surface area (Å²) in [4.78, 5) is 11.2. The van der Waals surface area contributed by atoms with E-state index >= 15 is 0 Å². The maximum Gasteiger partial charge on any atom is 0.309 e. The number of halogens is 1. The molecule has 1 aromatic carbocycles. The van der Waals surface area contributed by atoms with Crippen LogP contribution >= 0.6 is 0 Å². The first-order chi connectivity index (χ1) is 8.97. The first-order valence-electron chi connectivity index (χ1n) is 5.73. The first-order valence-corrected chi connectivity index (χ1v) is 7.22. The minimum absolute atomic E-state index is 0.0666. The molecule has 1 aromatic rings. The number of rotatable bonds is 6. The van der Waals surface area contributed by atoms with Gasteiger partial charge < -0.3 is 9.47 Å². The lowest BCUT2D eigenvalue weighted by molar-refractivity contribution is -0.144. The zero-order valence-corrected chi connectivity index (χ0v) is 12.0. The Morgan fingerprint density at radius 3 is 2.63 bits per heavy atom. The normalized spacial score (nSPS) is 13.7. The minimum Gasteiger partial charge on any atom is -0.497 e. The molecule has 6 heteroatoms. The molecule has 19 heavy (non-hydrogen) atoms. The molecule has 0 aromatic heterocycles. The Morgan fingerprint density at radius 1 is 1.42 bits per heavy atom. The van der Waals surface area contributed by atoms with Crippen LogP contribution in [0.5, 0.6) is 5.75 Å². The molecule has 0 amide bonds. The van der Waals surface area contributed by atoms with Crippen molar-refractivity contribution < 1.29 is 22.9 Å². The molecule has 2 atom stereocenters. The molecule has 0 heterocycles. The molecular formula is C13H17FO4S. The highest BCUT2D eigenvalue weighted by Gasteiger charge is 2.17. The minimum atomic E-state index is -1.32. The Hall–Kier alpha value is -1.43. The molecule has 0 aliphatic heterocycles. The summed E-state index contributed by atoms with van der Waals surface area (Å²) in [5.74, 6) is -0.709. The van der Waals surface area contributed by atoms with Crippen LogP contribution in [0.25, 0.3) is 0 Å². The van der Waals surface area contributed by atoms with Crippen molar-refractivity contribution >= 4 is 16.8 Å². The number of ether oxygens (including phenoxy) is 2. The highest BCUT2D eigenvalue weighted by molar-refractivity contribution is 7.84. The summed E-state index contributed by atoms with van der Waals surface area (Å²) < 4.78 is 35.0. The van der Waals surface area contributed by atoms with Crippen LogP contribution < -0.4 is 4.74 Å². The van der Waals surface area contributed by atoms with E-state index in [0.29, 0.717) is 11.3 Å². The van der Waals surface area contributed by atoms with E-state index in [1.165, 1.54) is 26.4 Å². The molecular weight excluding hydrogens is 271 g/mol. The lowest BCUT2D eigenvalue weighted by Crippen LogP contribution is -2.20. The molecule has 0 fully saturated rings. The summed E-state index contributed by atoms with van der Waals surface area (Å²) in [6.45, 7) is 1.63. The average molecular weight is 288 g/mol. The van der Waals surface area contributed by atoms with Crippen molar-refractivity contribution in [3.63, 3.8) is 0 Å². The van der Waals surface area contributed by atoms with Gasteiger partial charge in [-0.3, -0.25) is 9.00 Å². The fourth-order valence-corrected chi connectivity index (χ4v) is 2.95. The van der Waals surface area contributed by atoms with Gasteiger partial charge in [0.25, 0.3) is 0 Å². The number of methoxy groups -OCH3 is 2. The number of benzene rings is 1. The third-order valence-electron chi connectivity index (χ3n) is 2.62. The molecule has 0 radical (unpaired) electrons. The largest absolute Gasteiger partial charge is 0.497 e. The zero-order valence-electron chi connectivity index (χ0n) is 11.1. The van der Waals surface area contributed by atoms with Crippen LogP contribution in [0.2, 0.25) is 0 Å². The molecule has 0 bridgehead atoms. The van der Waals surface area contributed by atoms with Gasteiger partial charge in [0.05, 0.1) is 25.9 Å². The van der Waals surface area contributed by atoms with Crippen molar-refractivity contribution in [2.75, 3.05) is 20.0 Å². The Bertz CT molecular complexity index is 476. The Balaban J connectivity index is 2.64. The topological polar surface area (TPSA) is 52.6 Å². The zero-order chi connectivity index (χ0) is 14.4.